The number of hydrogen-bond acceptors (Lipinski definition) is 5. The van der Waals surface area contributed by atoms with E-state index in [1.54, 1.807) is 13.8 Å². The smallest absolute Gasteiger partial charge is 0.335 e. The first-order chi connectivity index (χ1) is 10.0. The molecule has 0 aliphatic heterocycles. The molecule has 1 aromatic carbocycles. The van der Waals surface area contributed by atoms with Gasteiger partial charge in [0.15, 0.2) is 0 Å². The van der Waals surface area contributed by atoms with E-state index >= 15 is 0 Å². The average molecular weight is 331 g/mol. The summed E-state index contributed by atoms with van der Waals surface area (Å²) < 4.78 is 31.9. The zero-order valence-electron chi connectivity index (χ0n) is 13.0. The van der Waals surface area contributed by atoms with Gasteiger partial charge in [0.25, 0.3) is 0 Å². The van der Waals surface area contributed by atoms with E-state index in [0.717, 1.165) is 12.1 Å². The summed E-state index contributed by atoms with van der Waals surface area (Å²) in [6.45, 7) is 4.91. The van der Waals surface area contributed by atoms with E-state index in [2.05, 4.69) is 4.72 Å². The van der Waals surface area contributed by atoms with Crippen LogP contribution in [0.3, 0.4) is 0 Å². The van der Waals surface area contributed by atoms with Crippen LogP contribution in [0, 0.1) is 5.92 Å². The van der Waals surface area contributed by atoms with Crippen molar-refractivity contribution in [2.45, 2.75) is 31.3 Å². The van der Waals surface area contributed by atoms with Crippen LogP contribution < -0.4 is 9.46 Å². The van der Waals surface area contributed by atoms with Crippen LogP contribution in [0.25, 0.3) is 0 Å². The minimum absolute atomic E-state index is 0.0726. The van der Waals surface area contributed by atoms with Gasteiger partial charge < -0.3 is 14.9 Å². The fraction of sp³-hybridized carbons (Fsp3) is 0.500. The van der Waals surface area contributed by atoms with Crippen molar-refractivity contribution < 1.29 is 28.2 Å². The van der Waals surface area contributed by atoms with Crippen molar-refractivity contribution in [2.24, 2.45) is 5.92 Å². The van der Waals surface area contributed by atoms with Crippen molar-refractivity contribution >= 4 is 16.0 Å². The molecular weight excluding hydrogens is 310 g/mol. The van der Waals surface area contributed by atoms with Gasteiger partial charge in [0.05, 0.1) is 18.3 Å². The summed E-state index contributed by atoms with van der Waals surface area (Å²) in [6, 6.07) is 3.48. The number of benzene rings is 1. The third-order valence-electron chi connectivity index (χ3n) is 3.56. The second kappa shape index (κ2) is 6.64. The number of hydrogen-bond donors (Lipinski definition) is 3. The third-order valence-corrected chi connectivity index (χ3v) is 5.00. The SMILES string of the molecule is COc1cc(C(=O)O)ccc1S(=O)(=O)NCC(C)(O)C(C)C. The summed E-state index contributed by atoms with van der Waals surface area (Å²) in [6.07, 6.45) is 0. The molecule has 3 N–H and O–H groups in total. The highest BCUT2D eigenvalue weighted by Crippen LogP contribution is 2.25. The number of carboxylic acids is 1. The molecule has 1 atom stereocenters. The molecule has 0 spiro atoms. The van der Waals surface area contributed by atoms with E-state index < -0.39 is 21.6 Å². The lowest BCUT2D eigenvalue weighted by molar-refractivity contribution is 0.0190. The first-order valence-electron chi connectivity index (χ1n) is 6.64. The molecule has 0 aliphatic rings. The molecule has 0 bridgehead atoms. The summed E-state index contributed by atoms with van der Waals surface area (Å²) in [4.78, 5) is 10.7. The fourth-order valence-electron chi connectivity index (χ4n) is 1.55. The number of methoxy groups -OCH3 is 1. The molecule has 22 heavy (non-hydrogen) atoms. The van der Waals surface area contributed by atoms with Gasteiger partial charge in [-0.25, -0.2) is 17.9 Å². The molecule has 0 amide bonds. The molecule has 0 aliphatic carbocycles. The molecule has 0 heterocycles. The largest absolute Gasteiger partial charge is 0.495 e. The lowest BCUT2D eigenvalue weighted by Gasteiger charge is -2.27. The van der Waals surface area contributed by atoms with Crippen molar-refractivity contribution in [1.82, 2.24) is 4.72 Å². The number of aliphatic hydroxyl groups is 1. The van der Waals surface area contributed by atoms with E-state index in [1.165, 1.54) is 20.1 Å². The van der Waals surface area contributed by atoms with Gasteiger partial charge in [0.1, 0.15) is 10.6 Å². The van der Waals surface area contributed by atoms with Crippen LogP contribution in [-0.4, -0.2) is 43.9 Å². The summed E-state index contributed by atoms with van der Waals surface area (Å²) in [7, 11) is -2.69. The predicted molar refractivity (Wildman–Crippen MR) is 80.6 cm³/mol. The maximum atomic E-state index is 12.3. The zero-order chi connectivity index (χ0) is 17.1. The molecule has 1 unspecified atom stereocenters. The highest BCUT2D eigenvalue weighted by atomic mass is 32.2. The highest BCUT2D eigenvalue weighted by molar-refractivity contribution is 7.89. The molecule has 1 rings (SSSR count). The Morgan fingerprint density at radius 2 is 2.00 bits per heavy atom. The first-order valence-corrected chi connectivity index (χ1v) is 8.13. The van der Waals surface area contributed by atoms with Gasteiger partial charge in [-0.05, 0) is 31.0 Å². The summed E-state index contributed by atoms with van der Waals surface area (Å²) in [5.74, 6) is -1.40. The van der Waals surface area contributed by atoms with Crippen LogP contribution in [-0.2, 0) is 10.0 Å². The first kappa shape index (κ1) is 18.4. The molecule has 0 saturated heterocycles. The third kappa shape index (κ3) is 4.19. The molecule has 7 nitrogen and oxygen atoms in total. The summed E-state index contributed by atoms with van der Waals surface area (Å²) >= 11 is 0. The number of ether oxygens (including phenoxy) is 1. The van der Waals surface area contributed by atoms with Gasteiger partial charge in [-0.2, -0.15) is 0 Å². The maximum Gasteiger partial charge on any atom is 0.335 e. The van der Waals surface area contributed by atoms with Gasteiger partial charge in [-0.15, -0.1) is 0 Å². The minimum atomic E-state index is -3.94. The predicted octanol–water partition coefficient (Wildman–Crippen LogP) is 1.08. The Morgan fingerprint density at radius 3 is 2.45 bits per heavy atom. The average Bonchev–Trinajstić information content (AvgIpc) is 2.44. The Labute approximate surface area is 130 Å². The van der Waals surface area contributed by atoms with E-state index in [9.17, 15) is 18.3 Å². The molecule has 0 aromatic heterocycles. The second-order valence-corrected chi connectivity index (χ2v) is 7.24. The normalized spacial score (nSPS) is 14.6. The highest BCUT2D eigenvalue weighted by Gasteiger charge is 2.29. The van der Waals surface area contributed by atoms with Crippen molar-refractivity contribution in [3.8, 4) is 5.75 Å². The monoisotopic (exact) mass is 331 g/mol. The topological polar surface area (TPSA) is 113 Å². The lowest BCUT2D eigenvalue weighted by atomic mass is 9.93. The van der Waals surface area contributed by atoms with Crippen LogP contribution in [0.15, 0.2) is 23.1 Å². The molecule has 1 aromatic rings. The van der Waals surface area contributed by atoms with Crippen LogP contribution in [0.4, 0.5) is 0 Å². The standard InChI is InChI=1S/C14H21NO6S/c1-9(2)14(3,18)8-15-22(19,20)12-6-5-10(13(16)17)7-11(12)21-4/h5-7,9,15,18H,8H2,1-4H3,(H,16,17). The lowest BCUT2D eigenvalue weighted by Crippen LogP contribution is -2.44. The Kier molecular flexibility index (Phi) is 5.55. The van der Waals surface area contributed by atoms with E-state index in [0.29, 0.717) is 0 Å². The number of sulfonamides is 1. The van der Waals surface area contributed by atoms with Gasteiger partial charge in [0, 0.05) is 6.54 Å². The fourth-order valence-corrected chi connectivity index (χ4v) is 2.84. The van der Waals surface area contributed by atoms with Gasteiger partial charge in [-0.1, -0.05) is 13.8 Å². The van der Waals surface area contributed by atoms with Crippen molar-refractivity contribution in [3.05, 3.63) is 23.8 Å². The molecular formula is C14H21NO6S. The minimum Gasteiger partial charge on any atom is -0.495 e. The van der Waals surface area contributed by atoms with Crippen molar-refractivity contribution in [2.75, 3.05) is 13.7 Å². The van der Waals surface area contributed by atoms with Gasteiger partial charge in [-0.3, -0.25) is 0 Å². The number of carboxylic acid groups (broad SMARTS) is 1. The Balaban J connectivity index is 3.10. The van der Waals surface area contributed by atoms with Crippen LogP contribution in [0.5, 0.6) is 5.75 Å². The van der Waals surface area contributed by atoms with E-state index in [1.807, 2.05) is 0 Å². The van der Waals surface area contributed by atoms with Crippen molar-refractivity contribution in [3.63, 3.8) is 0 Å². The summed E-state index contributed by atoms with van der Waals surface area (Å²) in [5, 5.41) is 19.0. The number of rotatable bonds is 7. The van der Waals surface area contributed by atoms with Crippen LogP contribution in [0.1, 0.15) is 31.1 Å². The molecule has 0 saturated carbocycles. The Hall–Kier alpha value is -1.64. The van der Waals surface area contributed by atoms with Gasteiger partial charge >= 0.3 is 5.97 Å². The maximum absolute atomic E-state index is 12.3. The van der Waals surface area contributed by atoms with Crippen LogP contribution in [0.2, 0.25) is 0 Å². The Morgan fingerprint density at radius 1 is 1.41 bits per heavy atom. The molecule has 0 fully saturated rings. The molecule has 8 heteroatoms. The number of carbonyl (C=O) groups is 1. The zero-order valence-corrected chi connectivity index (χ0v) is 13.8. The van der Waals surface area contributed by atoms with Crippen molar-refractivity contribution in [1.29, 1.82) is 0 Å². The number of aromatic carboxylic acids is 1. The molecule has 0 radical (unpaired) electrons. The molecule has 124 valence electrons. The summed E-state index contributed by atoms with van der Waals surface area (Å²) in [5.41, 5.74) is -1.29. The Bertz CT molecular complexity index is 651. The second-order valence-electron chi connectivity index (χ2n) is 5.51. The van der Waals surface area contributed by atoms with Gasteiger partial charge in [0.2, 0.25) is 10.0 Å². The van der Waals surface area contributed by atoms with E-state index in [-0.39, 0.29) is 28.7 Å². The number of nitrogens with one attached hydrogen (secondary N) is 1. The van der Waals surface area contributed by atoms with Crippen LogP contribution >= 0.6 is 0 Å². The quantitative estimate of drug-likeness (QED) is 0.689. The van der Waals surface area contributed by atoms with E-state index in [4.69, 9.17) is 9.84 Å².